The fourth-order valence-electron chi connectivity index (χ4n) is 2.98. The molecule has 0 saturated heterocycles. The SMILES string of the molecule is O=C(O)CCc1cc2n(n1)CCCN(C(=O)C1CCC1)C2. The van der Waals surface area contributed by atoms with Crippen LogP contribution in [0.2, 0.25) is 0 Å². The number of carboxylic acids is 1. The number of rotatable bonds is 4. The highest BCUT2D eigenvalue weighted by Gasteiger charge is 2.30. The van der Waals surface area contributed by atoms with E-state index in [0.29, 0.717) is 13.0 Å². The van der Waals surface area contributed by atoms with Gasteiger partial charge in [-0.3, -0.25) is 14.3 Å². The highest BCUT2D eigenvalue weighted by Crippen LogP contribution is 2.29. The first kappa shape index (κ1) is 14.1. The summed E-state index contributed by atoms with van der Waals surface area (Å²) in [5.74, 6) is -0.297. The second-order valence-electron chi connectivity index (χ2n) is 5.99. The molecule has 2 heterocycles. The van der Waals surface area contributed by atoms with Gasteiger partial charge in [-0.15, -0.1) is 0 Å². The largest absolute Gasteiger partial charge is 0.481 e. The van der Waals surface area contributed by atoms with Crippen LogP contribution in [-0.2, 0) is 29.1 Å². The number of hydrogen-bond donors (Lipinski definition) is 1. The summed E-state index contributed by atoms with van der Waals surface area (Å²) in [6.07, 6.45) is 4.68. The number of hydrogen-bond acceptors (Lipinski definition) is 3. The number of carbonyl (C=O) groups excluding carboxylic acids is 1. The lowest BCUT2D eigenvalue weighted by Gasteiger charge is -2.30. The lowest BCUT2D eigenvalue weighted by Crippen LogP contribution is -2.38. The summed E-state index contributed by atoms with van der Waals surface area (Å²) in [4.78, 5) is 25.0. The first-order valence-electron chi connectivity index (χ1n) is 7.69. The van der Waals surface area contributed by atoms with Crippen molar-refractivity contribution >= 4 is 11.9 Å². The van der Waals surface area contributed by atoms with Crippen molar-refractivity contribution in [1.29, 1.82) is 0 Å². The average molecular weight is 291 g/mol. The molecule has 1 N–H and O–H groups in total. The lowest BCUT2D eigenvalue weighted by atomic mass is 9.84. The van der Waals surface area contributed by atoms with Gasteiger partial charge in [0, 0.05) is 25.4 Å². The molecular weight excluding hydrogens is 270 g/mol. The van der Waals surface area contributed by atoms with E-state index < -0.39 is 5.97 Å². The smallest absolute Gasteiger partial charge is 0.303 e. The first-order chi connectivity index (χ1) is 10.1. The van der Waals surface area contributed by atoms with Crippen LogP contribution in [0.15, 0.2) is 6.07 Å². The van der Waals surface area contributed by atoms with Gasteiger partial charge < -0.3 is 10.0 Å². The third-order valence-electron chi connectivity index (χ3n) is 4.43. The highest BCUT2D eigenvalue weighted by molar-refractivity contribution is 5.79. The molecule has 1 aromatic heterocycles. The zero-order chi connectivity index (χ0) is 14.8. The summed E-state index contributed by atoms with van der Waals surface area (Å²) in [6, 6.07) is 1.95. The molecule has 21 heavy (non-hydrogen) atoms. The molecule has 0 unspecified atom stereocenters. The minimum Gasteiger partial charge on any atom is -0.481 e. The highest BCUT2D eigenvalue weighted by atomic mass is 16.4. The van der Waals surface area contributed by atoms with Gasteiger partial charge in [-0.2, -0.15) is 5.10 Å². The van der Waals surface area contributed by atoms with Gasteiger partial charge in [0.05, 0.1) is 24.4 Å². The summed E-state index contributed by atoms with van der Waals surface area (Å²) in [6.45, 7) is 2.20. The van der Waals surface area contributed by atoms with Gasteiger partial charge in [0.25, 0.3) is 0 Å². The molecule has 0 spiro atoms. The van der Waals surface area contributed by atoms with Crippen LogP contribution in [-0.4, -0.2) is 38.2 Å². The van der Waals surface area contributed by atoms with Crippen LogP contribution < -0.4 is 0 Å². The second-order valence-corrected chi connectivity index (χ2v) is 5.99. The van der Waals surface area contributed by atoms with E-state index >= 15 is 0 Å². The lowest BCUT2D eigenvalue weighted by molar-refractivity contribution is -0.139. The number of aliphatic carboxylic acids is 1. The maximum absolute atomic E-state index is 12.4. The van der Waals surface area contributed by atoms with Crippen LogP contribution in [0.1, 0.15) is 43.5 Å². The molecule has 2 aliphatic rings. The Bertz CT molecular complexity index is 548. The summed E-state index contributed by atoms with van der Waals surface area (Å²) in [5, 5.41) is 13.2. The van der Waals surface area contributed by atoms with E-state index in [9.17, 15) is 9.59 Å². The maximum atomic E-state index is 12.4. The standard InChI is InChI=1S/C15H21N3O3/c19-14(20)6-5-12-9-13-10-17(7-2-8-18(13)16-12)15(21)11-3-1-4-11/h9,11H,1-8,10H2,(H,19,20). The van der Waals surface area contributed by atoms with Gasteiger partial charge in [0.15, 0.2) is 0 Å². The van der Waals surface area contributed by atoms with E-state index in [1.54, 1.807) is 0 Å². The Morgan fingerprint density at radius 3 is 2.76 bits per heavy atom. The van der Waals surface area contributed by atoms with Gasteiger partial charge in [0.2, 0.25) is 5.91 Å². The van der Waals surface area contributed by atoms with Crippen molar-refractivity contribution in [3.8, 4) is 0 Å². The third kappa shape index (κ3) is 3.09. The Morgan fingerprint density at radius 1 is 1.29 bits per heavy atom. The molecule has 1 aliphatic heterocycles. The van der Waals surface area contributed by atoms with Crippen molar-refractivity contribution in [2.45, 2.75) is 51.6 Å². The second kappa shape index (κ2) is 5.87. The van der Waals surface area contributed by atoms with E-state index in [-0.39, 0.29) is 18.2 Å². The van der Waals surface area contributed by atoms with Crippen molar-refractivity contribution in [2.24, 2.45) is 5.92 Å². The molecule has 1 aliphatic carbocycles. The van der Waals surface area contributed by atoms with Crippen LogP contribution in [0.5, 0.6) is 0 Å². The van der Waals surface area contributed by atoms with Gasteiger partial charge in [-0.25, -0.2) is 0 Å². The molecule has 1 aromatic rings. The number of aromatic nitrogens is 2. The first-order valence-corrected chi connectivity index (χ1v) is 7.69. The monoisotopic (exact) mass is 291 g/mol. The molecule has 0 aromatic carbocycles. The van der Waals surface area contributed by atoms with E-state index in [4.69, 9.17) is 5.11 Å². The summed E-state index contributed by atoms with van der Waals surface area (Å²) in [7, 11) is 0. The number of aryl methyl sites for hydroxylation is 2. The quantitative estimate of drug-likeness (QED) is 0.910. The van der Waals surface area contributed by atoms with E-state index in [1.807, 2.05) is 15.6 Å². The van der Waals surface area contributed by atoms with Gasteiger partial charge >= 0.3 is 5.97 Å². The summed E-state index contributed by atoms with van der Waals surface area (Å²) < 4.78 is 1.94. The van der Waals surface area contributed by atoms with Crippen molar-refractivity contribution in [3.63, 3.8) is 0 Å². The van der Waals surface area contributed by atoms with E-state index in [0.717, 1.165) is 43.7 Å². The van der Waals surface area contributed by atoms with Crippen LogP contribution in [0.4, 0.5) is 0 Å². The fraction of sp³-hybridized carbons (Fsp3) is 0.667. The topological polar surface area (TPSA) is 75.4 Å². The zero-order valence-electron chi connectivity index (χ0n) is 12.1. The number of carbonyl (C=O) groups is 2. The Labute approximate surface area is 123 Å². The number of nitrogens with zero attached hydrogens (tertiary/aromatic N) is 3. The molecule has 6 heteroatoms. The van der Waals surface area contributed by atoms with Crippen LogP contribution in [0, 0.1) is 5.92 Å². The van der Waals surface area contributed by atoms with Crippen molar-refractivity contribution < 1.29 is 14.7 Å². The van der Waals surface area contributed by atoms with E-state index in [2.05, 4.69) is 5.10 Å². The average Bonchev–Trinajstić information content (AvgIpc) is 2.65. The Hall–Kier alpha value is -1.85. The van der Waals surface area contributed by atoms with Crippen LogP contribution in [0.3, 0.4) is 0 Å². The summed E-state index contributed by atoms with van der Waals surface area (Å²) in [5.41, 5.74) is 1.84. The zero-order valence-corrected chi connectivity index (χ0v) is 12.1. The Kier molecular flexibility index (Phi) is 3.94. The molecule has 6 nitrogen and oxygen atoms in total. The van der Waals surface area contributed by atoms with Crippen molar-refractivity contribution in [3.05, 3.63) is 17.5 Å². The number of carboxylic acid groups (broad SMARTS) is 1. The van der Waals surface area contributed by atoms with Crippen LogP contribution in [0.25, 0.3) is 0 Å². The van der Waals surface area contributed by atoms with Crippen LogP contribution >= 0.6 is 0 Å². The number of amides is 1. The molecule has 114 valence electrons. The molecule has 1 fully saturated rings. The fourth-order valence-corrected chi connectivity index (χ4v) is 2.98. The van der Waals surface area contributed by atoms with Crippen molar-refractivity contribution in [2.75, 3.05) is 6.54 Å². The van der Waals surface area contributed by atoms with Gasteiger partial charge in [0.1, 0.15) is 0 Å². The van der Waals surface area contributed by atoms with E-state index in [1.165, 1.54) is 6.42 Å². The van der Waals surface area contributed by atoms with Gasteiger partial charge in [-0.05, 0) is 25.3 Å². The maximum Gasteiger partial charge on any atom is 0.303 e. The van der Waals surface area contributed by atoms with Crippen molar-refractivity contribution in [1.82, 2.24) is 14.7 Å². The normalized spacial score (nSPS) is 18.8. The molecule has 0 bridgehead atoms. The van der Waals surface area contributed by atoms with Gasteiger partial charge in [-0.1, -0.05) is 6.42 Å². The molecule has 1 saturated carbocycles. The Balaban J connectivity index is 1.68. The molecule has 0 radical (unpaired) electrons. The third-order valence-corrected chi connectivity index (χ3v) is 4.43. The predicted octanol–water partition coefficient (Wildman–Crippen LogP) is 1.43. The minimum absolute atomic E-state index is 0.0984. The predicted molar refractivity (Wildman–Crippen MR) is 75.6 cm³/mol. The summed E-state index contributed by atoms with van der Waals surface area (Å²) >= 11 is 0. The number of fused-ring (bicyclic) bond motifs is 1. The molecular formula is C15H21N3O3. The Morgan fingerprint density at radius 2 is 2.10 bits per heavy atom. The molecule has 3 rings (SSSR count). The molecule has 0 atom stereocenters. The molecule has 1 amide bonds. The minimum atomic E-state index is -0.806.